The van der Waals surface area contributed by atoms with Crippen molar-refractivity contribution >= 4 is 17.6 Å². The van der Waals surface area contributed by atoms with Gasteiger partial charge in [-0.15, -0.1) is 0 Å². The van der Waals surface area contributed by atoms with E-state index >= 15 is 0 Å². The number of hydrogen-bond acceptors (Lipinski definition) is 4. The minimum Gasteiger partial charge on any atom is -0.495 e. The molecule has 19 heavy (non-hydrogen) atoms. The Labute approximate surface area is 114 Å². The number of halogens is 1. The number of rotatable bonds is 4. The molecule has 0 aliphatic carbocycles. The largest absolute Gasteiger partial charge is 0.495 e. The number of aromatic nitrogens is 2. The summed E-state index contributed by atoms with van der Waals surface area (Å²) >= 11 is 6.04. The number of nitrogens with zero attached hydrogens (tertiary/aromatic N) is 2. The molecular formula is C13H11ClN2O3. The molecule has 2 rings (SSSR count). The molecule has 0 saturated heterocycles. The molecule has 0 saturated carbocycles. The minimum atomic E-state index is -0.968. The first-order chi connectivity index (χ1) is 9.10. The van der Waals surface area contributed by atoms with Gasteiger partial charge in [-0.25, -0.2) is 9.97 Å². The molecule has 98 valence electrons. The van der Waals surface area contributed by atoms with Crippen LogP contribution >= 0.6 is 11.6 Å². The van der Waals surface area contributed by atoms with E-state index in [9.17, 15) is 4.79 Å². The van der Waals surface area contributed by atoms with Crippen molar-refractivity contribution in [3.05, 3.63) is 41.3 Å². The van der Waals surface area contributed by atoms with Crippen molar-refractivity contribution in [2.24, 2.45) is 0 Å². The lowest BCUT2D eigenvalue weighted by molar-refractivity contribution is -0.136. The molecule has 0 amide bonds. The number of aliphatic carboxylic acids is 1. The van der Waals surface area contributed by atoms with E-state index in [4.69, 9.17) is 21.4 Å². The van der Waals surface area contributed by atoms with Crippen molar-refractivity contribution in [3.63, 3.8) is 0 Å². The van der Waals surface area contributed by atoms with E-state index in [1.54, 1.807) is 24.3 Å². The predicted molar refractivity (Wildman–Crippen MR) is 70.4 cm³/mol. The molecule has 0 fully saturated rings. The molecular weight excluding hydrogens is 268 g/mol. The fourth-order valence-electron chi connectivity index (χ4n) is 1.61. The lowest BCUT2D eigenvalue weighted by atomic mass is 10.1. The minimum absolute atomic E-state index is 0.211. The van der Waals surface area contributed by atoms with Crippen LogP contribution in [-0.2, 0) is 11.2 Å². The molecule has 1 aromatic carbocycles. The quantitative estimate of drug-likeness (QED) is 0.930. The Kier molecular flexibility index (Phi) is 3.97. The number of carbonyl (C=O) groups is 1. The molecule has 1 aromatic heterocycles. The molecule has 1 heterocycles. The lowest BCUT2D eigenvalue weighted by Gasteiger charge is -2.06. The lowest BCUT2D eigenvalue weighted by Crippen LogP contribution is -2.05. The van der Waals surface area contributed by atoms with E-state index in [0.29, 0.717) is 16.5 Å². The van der Waals surface area contributed by atoms with E-state index in [1.807, 2.05) is 0 Å². The van der Waals surface area contributed by atoms with Crippen LogP contribution in [0.15, 0.2) is 30.5 Å². The van der Waals surface area contributed by atoms with Crippen LogP contribution in [0, 0.1) is 0 Å². The summed E-state index contributed by atoms with van der Waals surface area (Å²) in [5, 5.41) is 9.19. The third-order valence-electron chi connectivity index (χ3n) is 2.46. The smallest absolute Gasteiger partial charge is 0.311 e. The first-order valence-electron chi connectivity index (χ1n) is 5.48. The number of hydrogen-bond donors (Lipinski definition) is 1. The standard InChI is InChI=1S/C13H11ClN2O3/c1-19-11-3-2-8(6-9(11)14)10-4-5-15-12(16-10)7-13(17)18/h2-6H,7H2,1H3,(H,17,18). The molecule has 5 nitrogen and oxygen atoms in total. The average molecular weight is 279 g/mol. The molecule has 0 bridgehead atoms. The van der Waals surface area contributed by atoms with Gasteiger partial charge in [0.15, 0.2) is 0 Å². The maximum atomic E-state index is 10.6. The second kappa shape index (κ2) is 5.67. The maximum Gasteiger partial charge on any atom is 0.311 e. The van der Waals surface area contributed by atoms with Gasteiger partial charge in [-0.2, -0.15) is 0 Å². The Balaban J connectivity index is 2.36. The molecule has 0 aliphatic rings. The van der Waals surface area contributed by atoms with E-state index in [0.717, 1.165) is 5.56 Å². The van der Waals surface area contributed by atoms with Crippen LogP contribution in [0.3, 0.4) is 0 Å². The third kappa shape index (κ3) is 3.20. The predicted octanol–water partition coefficient (Wildman–Crippen LogP) is 2.43. The highest BCUT2D eigenvalue weighted by molar-refractivity contribution is 6.32. The highest BCUT2D eigenvalue weighted by Crippen LogP contribution is 2.29. The fraction of sp³-hybridized carbons (Fsp3) is 0.154. The number of carboxylic acids is 1. The summed E-state index contributed by atoms with van der Waals surface area (Å²) in [5.74, 6) is -0.132. The van der Waals surface area contributed by atoms with Crippen LogP contribution in [0.2, 0.25) is 5.02 Å². The number of carboxylic acid groups (broad SMARTS) is 1. The van der Waals surface area contributed by atoms with Crippen molar-refractivity contribution in [1.29, 1.82) is 0 Å². The van der Waals surface area contributed by atoms with Crippen molar-refractivity contribution in [2.45, 2.75) is 6.42 Å². The maximum absolute atomic E-state index is 10.6. The van der Waals surface area contributed by atoms with Crippen molar-refractivity contribution in [1.82, 2.24) is 9.97 Å². The summed E-state index contributed by atoms with van der Waals surface area (Å²) in [7, 11) is 1.54. The van der Waals surface area contributed by atoms with Gasteiger partial charge in [0.25, 0.3) is 0 Å². The SMILES string of the molecule is COc1ccc(-c2ccnc(CC(=O)O)n2)cc1Cl. The molecule has 1 N–H and O–H groups in total. The number of methoxy groups -OCH3 is 1. The van der Waals surface area contributed by atoms with Gasteiger partial charge in [-0.05, 0) is 24.3 Å². The Morgan fingerprint density at radius 2 is 2.21 bits per heavy atom. The summed E-state index contributed by atoms with van der Waals surface area (Å²) in [6.45, 7) is 0. The van der Waals surface area contributed by atoms with Crippen LogP contribution in [0.5, 0.6) is 5.75 Å². The second-order valence-electron chi connectivity index (χ2n) is 3.78. The zero-order chi connectivity index (χ0) is 13.8. The number of ether oxygens (including phenoxy) is 1. The Bertz CT molecular complexity index is 617. The normalized spacial score (nSPS) is 10.2. The van der Waals surface area contributed by atoms with Gasteiger partial charge in [0, 0.05) is 11.8 Å². The Morgan fingerprint density at radius 1 is 1.42 bits per heavy atom. The molecule has 0 radical (unpaired) electrons. The van der Waals surface area contributed by atoms with Gasteiger partial charge >= 0.3 is 5.97 Å². The average Bonchev–Trinajstić information content (AvgIpc) is 2.38. The van der Waals surface area contributed by atoms with Crippen molar-refractivity contribution < 1.29 is 14.6 Å². The highest BCUT2D eigenvalue weighted by Gasteiger charge is 2.08. The fourth-order valence-corrected chi connectivity index (χ4v) is 1.86. The van der Waals surface area contributed by atoms with Gasteiger partial charge in [-0.1, -0.05) is 11.6 Å². The van der Waals surface area contributed by atoms with Crippen LogP contribution in [0.4, 0.5) is 0 Å². The van der Waals surface area contributed by atoms with Gasteiger partial charge < -0.3 is 9.84 Å². The Hall–Kier alpha value is -2.14. The summed E-state index contributed by atoms with van der Waals surface area (Å²) in [6, 6.07) is 6.95. The van der Waals surface area contributed by atoms with E-state index in [2.05, 4.69) is 9.97 Å². The summed E-state index contributed by atoms with van der Waals surface area (Å²) in [4.78, 5) is 18.7. The van der Waals surface area contributed by atoms with Crippen LogP contribution in [0.25, 0.3) is 11.3 Å². The topological polar surface area (TPSA) is 72.3 Å². The molecule has 0 atom stereocenters. The van der Waals surface area contributed by atoms with E-state index in [1.165, 1.54) is 13.3 Å². The molecule has 0 unspecified atom stereocenters. The number of benzene rings is 1. The monoisotopic (exact) mass is 278 g/mol. The third-order valence-corrected chi connectivity index (χ3v) is 2.76. The van der Waals surface area contributed by atoms with Gasteiger partial charge in [-0.3, -0.25) is 4.79 Å². The summed E-state index contributed by atoms with van der Waals surface area (Å²) < 4.78 is 5.07. The first kappa shape index (κ1) is 13.3. The molecule has 2 aromatic rings. The molecule has 6 heteroatoms. The first-order valence-corrected chi connectivity index (χ1v) is 5.85. The summed E-state index contributed by atoms with van der Waals surface area (Å²) in [5.41, 5.74) is 1.40. The van der Waals surface area contributed by atoms with Crippen LogP contribution < -0.4 is 4.74 Å². The van der Waals surface area contributed by atoms with Gasteiger partial charge in [0.1, 0.15) is 18.0 Å². The molecule has 0 aliphatic heterocycles. The second-order valence-corrected chi connectivity index (χ2v) is 4.19. The molecule has 0 spiro atoms. The summed E-state index contributed by atoms with van der Waals surface area (Å²) in [6.07, 6.45) is 1.32. The zero-order valence-corrected chi connectivity index (χ0v) is 10.9. The Morgan fingerprint density at radius 3 is 2.84 bits per heavy atom. The van der Waals surface area contributed by atoms with E-state index in [-0.39, 0.29) is 12.2 Å². The highest BCUT2D eigenvalue weighted by atomic mass is 35.5. The zero-order valence-electron chi connectivity index (χ0n) is 10.1. The van der Waals surface area contributed by atoms with E-state index < -0.39 is 5.97 Å². The van der Waals surface area contributed by atoms with Crippen molar-refractivity contribution in [2.75, 3.05) is 7.11 Å². The van der Waals surface area contributed by atoms with Crippen LogP contribution in [0.1, 0.15) is 5.82 Å². The van der Waals surface area contributed by atoms with Gasteiger partial charge in [0.05, 0.1) is 17.8 Å². The van der Waals surface area contributed by atoms with Crippen LogP contribution in [-0.4, -0.2) is 28.2 Å². The van der Waals surface area contributed by atoms with Gasteiger partial charge in [0.2, 0.25) is 0 Å². The van der Waals surface area contributed by atoms with Crippen molar-refractivity contribution in [3.8, 4) is 17.0 Å².